The number of ether oxygens (including phenoxy) is 4. The fourth-order valence-corrected chi connectivity index (χ4v) is 6.50. The van der Waals surface area contributed by atoms with Gasteiger partial charge in [0.05, 0.1) is 24.9 Å². The molecule has 3 heterocycles. The minimum Gasteiger partial charge on any atom is -0.490 e. The van der Waals surface area contributed by atoms with Gasteiger partial charge in [0.15, 0.2) is 0 Å². The van der Waals surface area contributed by atoms with Gasteiger partial charge in [0.2, 0.25) is 0 Å². The van der Waals surface area contributed by atoms with Crippen LogP contribution < -0.4 is 19.7 Å². The van der Waals surface area contributed by atoms with E-state index in [0.29, 0.717) is 38.0 Å². The highest BCUT2D eigenvalue weighted by atomic mass is 16.6. The summed E-state index contributed by atoms with van der Waals surface area (Å²) in [5, 5.41) is 3.50. The molecule has 0 saturated carbocycles. The lowest BCUT2D eigenvalue weighted by Gasteiger charge is -2.33. The third kappa shape index (κ3) is 7.32. The number of fused-ring (bicyclic) bond motifs is 1. The number of nitrogens with one attached hydrogen (secondary N) is 1. The number of hydrogen-bond acceptors (Lipinski definition) is 7. The van der Waals surface area contributed by atoms with E-state index >= 15 is 0 Å². The lowest BCUT2D eigenvalue weighted by Crippen LogP contribution is -2.41. The third-order valence-electron chi connectivity index (χ3n) is 8.88. The molecule has 3 aliphatic rings. The van der Waals surface area contributed by atoms with Crippen molar-refractivity contribution in [3.05, 3.63) is 89.5 Å². The number of likely N-dealkylation sites (tertiary alicyclic amines) is 1. The molecule has 1 N–H and O–H groups in total. The highest BCUT2D eigenvalue weighted by Gasteiger charge is 2.30. The van der Waals surface area contributed by atoms with E-state index in [2.05, 4.69) is 64.8 Å². The second kappa shape index (κ2) is 14.3. The molecule has 0 aromatic heterocycles. The van der Waals surface area contributed by atoms with Crippen molar-refractivity contribution in [3.8, 4) is 11.5 Å². The number of carbonyl (C=O) groups excluding carboxylic acids is 1. The fraction of sp³-hybridized carbons (Fsp3) is 0.457. The maximum Gasteiger partial charge on any atom is 0.415 e. The van der Waals surface area contributed by atoms with E-state index in [-0.39, 0.29) is 18.1 Å². The molecule has 0 radical (unpaired) electrons. The summed E-state index contributed by atoms with van der Waals surface area (Å²) in [7, 11) is 1.75. The van der Waals surface area contributed by atoms with Crippen LogP contribution in [0.1, 0.15) is 47.8 Å². The molecular formula is C35H43N3O5. The molecule has 3 aliphatic heterocycles. The SMILES string of the molecule is COCCCN1CCOc2ccc(COC3CNCCC3c3ccc(OC(=O)N4CCC(c5ccccc5)C4)cc3)cc21. The highest BCUT2D eigenvalue weighted by Crippen LogP contribution is 2.34. The summed E-state index contributed by atoms with van der Waals surface area (Å²) >= 11 is 0. The van der Waals surface area contributed by atoms with Crippen molar-refractivity contribution in [1.82, 2.24) is 10.2 Å². The zero-order valence-corrected chi connectivity index (χ0v) is 25.1. The number of rotatable bonds is 10. The van der Waals surface area contributed by atoms with Crippen molar-refractivity contribution in [2.45, 2.75) is 43.8 Å². The summed E-state index contributed by atoms with van der Waals surface area (Å²) in [4.78, 5) is 17.1. The molecule has 2 saturated heterocycles. The van der Waals surface area contributed by atoms with Crippen molar-refractivity contribution in [2.24, 2.45) is 0 Å². The largest absolute Gasteiger partial charge is 0.490 e. The van der Waals surface area contributed by atoms with Crippen LogP contribution in [0.5, 0.6) is 11.5 Å². The average molecular weight is 586 g/mol. The third-order valence-corrected chi connectivity index (χ3v) is 8.88. The van der Waals surface area contributed by atoms with Crippen LogP contribution >= 0.6 is 0 Å². The lowest BCUT2D eigenvalue weighted by atomic mass is 9.87. The zero-order valence-electron chi connectivity index (χ0n) is 25.1. The van der Waals surface area contributed by atoms with Crippen LogP contribution in [0.3, 0.4) is 0 Å². The number of hydrogen-bond donors (Lipinski definition) is 1. The van der Waals surface area contributed by atoms with E-state index in [0.717, 1.165) is 69.0 Å². The lowest BCUT2D eigenvalue weighted by molar-refractivity contribution is 0.0106. The van der Waals surface area contributed by atoms with E-state index in [1.54, 1.807) is 7.11 Å². The molecule has 3 unspecified atom stereocenters. The van der Waals surface area contributed by atoms with E-state index in [4.69, 9.17) is 18.9 Å². The number of piperidine rings is 1. The second-order valence-corrected chi connectivity index (χ2v) is 11.7. The maximum absolute atomic E-state index is 12.9. The van der Waals surface area contributed by atoms with E-state index in [1.807, 2.05) is 23.1 Å². The minimum atomic E-state index is -0.276. The first-order valence-corrected chi connectivity index (χ1v) is 15.6. The van der Waals surface area contributed by atoms with Crippen LogP contribution in [0.4, 0.5) is 10.5 Å². The smallest absolute Gasteiger partial charge is 0.415 e. The number of benzene rings is 3. The molecule has 43 heavy (non-hydrogen) atoms. The van der Waals surface area contributed by atoms with Gasteiger partial charge >= 0.3 is 6.09 Å². The van der Waals surface area contributed by atoms with E-state index in [1.165, 1.54) is 11.1 Å². The molecule has 228 valence electrons. The molecule has 3 aromatic carbocycles. The van der Waals surface area contributed by atoms with Crippen LogP contribution in [-0.4, -0.2) is 76.7 Å². The Kier molecular flexibility index (Phi) is 9.77. The first-order valence-electron chi connectivity index (χ1n) is 15.6. The number of amides is 1. The number of methoxy groups -OCH3 is 1. The summed E-state index contributed by atoms with van der Waals surface area (Å²) < 4.78 is 23.5. The number of nitrogens with zero attached hydrogens (tertiary/aromatic N) is 2. The number of carbonyl (C=O) groups is 1. The maximum atomic E-state index is 12.9. The quantitative estimate of drug-likeness (QED) is 0.312. The molecule has 8 nitrogen and oxygen atoms in total. The van der Waals surface area contributed by atoms with Gasteiger partial charge in [-0.2, -0.15) is 0 Å². The van der Waals surface area contributed by atoms with Crippen molar-refractivity contribution < 1.29 is 23.7 Å². The Hall–Kier alpha value is -3.59. The molecule has 3 atom stereocenters. The van der Waals surface area contributed by atoms with Crippen molar-refractivity contribution in [3.63, 3.8) is 0 Å². The van der Waals surface area contributed by atoms with Crippen molar-refractivity contribution in [2.75, 3.05) is 64.5 Å². The van der Waals surface area contributed by atoms with Gasteiger partial charge in [-0.25, -0.2) is 4.79 Å². The summed E-state index contributed by atoms with van der Waals surface area (Å²) in [6.07, 6.45) is 2.70. The average Bonchev–Trinajstić information content (AvgIpc) is 3.56. The predicted molar refractivity (Wildman–Crippen MR) is 167 cm³/mol. The molecule has 0 bridgehead atoms. The first kappa shape index (κ1) is 29.5. The Morgan fingerprint density at radius 1 is 1.00 bits per heavy atom. The van der Waals surface area contributed by atoms with Gasteiger partial charge in [-0.05, 0) is 66.8 Å². The molecule has 2 fully saturated rings. The van der Waals surface area contributed by atoms with Crippen LogP contribution in [0.2, 0.25) is 0 Å². The molecule has 1 amide bonds. The van der Waals surface area contributed by atoms with Crippen LogP contribution in [0.25, 0.3) is 0 Å². The van der Waals surface area contributed by atoms with Gasteiger partial charge < -0.3 is 34.1 Å². The molecule has 8 heteroatoms. The van der Waals surface area contributed by atoms with E-state index < -0.39 is 0 Å². The monoisotopic (exact) mass is 585 g/mol. The van der Waals surface area contributed by atoms with Gasteiger partial charge in [0.25, 0.3) is 0 Å². The summed E-state index contributed by atoms with van der Waals surface area (Å²) in [6, 6.07) is 24.8. The molecule has 6 rings (SSSR count). The van der Waals surface area contributed by atoms with Crippen LogP contribution in [0, 0.1) is 0 Å². The van der Waals surface area contributed by atoms with Gasteiger partial charge in [0, 0.05) is 51.7 Å². The zero-order chi connectivity index (χ0) is 29.4. The van der Waals surface area contributed by atoms with Gasteiger partial charge in [0.1, 0.15) is 18.1 Å². The summed E-state index contributed by atoms with van der Waals surface area (Å²) in [5.41, 5.74) is 4.77. The van der Waals surface area contributed by atoms with Crippen molar-refractivity contribution >= 4 is 11.8 Å². The summed E-state index contributed by atoms with van der Waals surface area (Å²) in [5.74, 6) is 2.14. The topological polar surface area (TPSA) is 72.5 Å². The van der Waals surface area contributed by atoms with Crippen molar-refractivity contribution in [1.29, 1.82) is 0 Å². The Balaban J connectivity index is 1.04. The molecule has 3 aromatic rings. The Morgan fingerprint density at radius 3 is 2.70 bits per heavy atom. The fourth-order valence-electron chi connectivity index (χ4n) is 6.50. The Morgan fingerprint density at radius 2 is 1.86 bits per heavy atom. The Labute approximate surface area is 254 Å². The van der Waals surface area contributed by atoms with Crippen LogP contribution in [0.15, 0.2) is 72.8 Å². The Bertz CT molecular complexity index is 1340. The second-order valence-electron chi connectivity index (χ2n) is 11.7. The van der Waals surface area contributed by atoms with E-state index in [9.17, 15) is 4.79 Å². The molecular weight excluding hydrogens is 542 g/mol. The van der Waals surface area contributed by atoms with Gasteiger partial charge in [-0.3, -0.25) is 0 Å². The summed E-state index contributed by atoms with van der Waals surface area (Å²) in [6.45, 7) is 6.98. The minimum absolute atomic E-state index is 0.0479. The standard InChI is InChI=1S/C35H43N3O5/c1-40-20-5-17-37-19-21-41-33-13-8-26(22-32(33)37)25-42-34-23-36-16-14-31(34)28-9-11-30(12-10-28)43-35(39)38-18-15-29(24-38)27-6-3-2-4-7-27/h2-4,6-13,22,29,31,34,36H,5,14-21,23-25H2,1H3. The van der Waals surface area contributed by atoms with Gasteiger partial charge in [-0.15, -0.1) is 0 Å². The normalized spacial score (nSPS) is 21.7. The van der Waals surface area contributed by atoms with Gasteiger partial charge in [-0.1, -0.05) is 48.5 Å². The first-order chi connectivity index (χ1) is 21.2. The predicted octanol–water partition coefficient (Wildman–Crippen LogP) is 5.57. The van der Waals surface area contributed by atoms with Crippen LogP contribution in [-0.2, 0) is 16.1 Å². The number of anilines is 1. The molecule has 0 aliphatic carbocycles. The molecule has 0 spiro atoms. The highest BCUT2D eigenvalue weighted by molar-refractivity contribution is 5.71.